The Bertz CT molecular complexity index is 650. The molecule has 126 valence electrons. The smallest absolute Gasteiger partial charge is 0.321 e. The molecule has 1 saturated heterocycles. The number of benzene rings is 2. The molecular formula is C19H23N3O2. The Balaban J connectivity index is 1.52. The number of amides is 2. The summed E-state index contributed by atoms with van der Waals surface area (Å²) in [6, 6.07) is 17.7. The summed E-state index contributed by atoms with van der Waals surface area (Å²) in [7, 11) is 0. The molecule has 5 nitrogen and oxygen atoms in total. The number of carbonyl (C=O) groups is 1. The summed E-state index contributed by atoms with van der Waals surface area (Å²) in [6.07, 6.45) is 0. The molecule has 5 heteroatoms. The van der Waals surface area contributed by atoms with E-state index in [1.165, 1.54) is 5.69 Å². The Labute approximate surface area is 142 Å². The summed E-state index contributed by atoms with van der Waals surface area (Å²) >= 11 is 0. The van der Waals surface area contributed by atoms with Crippen LogP contribution in [0.3, 0.4) is 0 Å². The van der Waals surface area contributed by atoms with E-state index in [-0.39, 0.29) is 6.03 Å². The zero-order chi connectivity index (χ0) is 16.8. The average molecular weight is 325 g/mol. The standard InChI is InChI=1S/C19H23N3O2/c1-2-24-18-10-8-17(9-11-18)21-12-14-22(15-13-21)19(23)20-16-6-4-3-5-7-16/h3-11H,2,12-15H2,1H3,(H,20,23). The van der Waals surface area contributed by atoms with Gasteiger partial charge >= 0.3 is 6.03 Å². The number of anilines is 2. The van der Waals surface area contributed by atoms with Crippen molar-refractivity contribution in [2.24, 2.45) is 0 Å². The molecule has 2 aromatic carbocycles. The first-order chi connectivity index (χ1) is 11.8. The second-order valence-electron chi connectivity index (χ2n) is 5.70. The number of carbonyl (C=O) groups excluding carboxylic acids is 1. The van der Waals surface area contributed by atoms with Gasteiger partial charge in [-0.25, -0.2) is 4.79 Å². The molecule has 0 atom stereocenters. The molecule has 0 bridgehead atoms. The van der Waals surface area contributed by atoms with E-state index in [0.29, 0.717) is 19.7 Å². The number of para-hydroxylation sites is 1. The first-order valence-electron chi connectivity index (χ1n) is 8.35. The zero-order valence-electron chi connectivity index (χ0n) is 13.9. The van der Waals surface area contributed by atoms with Crippen LogP contribution in [0.5, 0.6) is 5.75 Å². The Kier molecular flexibility index (Phi) is 5.21. The van der Waals surface area contributed by atoms with Gasteiger partial charge in [0.15, 0.2) is 0 Å². The molecular weight excluding hydrogens is 302 g/mol. The Morgan fingerprint density at radius 3 is 2.29 bits per heavy atom. The van der Waals surface area contributed by atoms with Gasteiger partial charge < -0.3 is 19.9 Å². The van der Waals surface area contributed by atoms with E-state index in [9.17, 15) is 4.79 Å². The fourth-order valence-corrected chi connectivity index (χ4v) is 2.81. The van der Waals surface area contributed by atoms with Gasteiger partial charge in [0.05, 0.1) is 6.61 Å². The number of nitrogens with one attached hydrogen (secondary N) is 1. The fourth-order valence-electron chi connectivity index (χ4n) is 2.81. The summed E-state index contributed by atoms with van der Waals surface area (Å²) < 4.78 is 5.47. The van der Waals surface area contributed by atoms with Gasteiger partial charge in [-0.1, -0.05) is 18.2 Å². The summed E-state index contributed by atoms with van der Waals surface area (Å²) in [6.45, 7) is 5.74. The van der Waals surface area contributed by atoms with Gasteiger partial charge in [0.25, 0.3) is 0 Å². The molecule has 2 amide bonds. The van der Waals surface area contributed by atoms with Gasteiger partial charge in [-0.15, -0.1) is 0 Å². The summed E-state index contributed by atoms with van der Waals surface area (Å²) in [5.74, 6) is 0.891. The highest BCUT2D eigenvalue weighted by molar-refractivity contribution is 5.89. The van der Waals surface area contributed by atoms with E-state index in [4.69, 9.17) is 4.74 Å². The third-order valence-electron chi connectivity index (χ3n) is 4.10. The first-order valence-corrected chi connectivity index (χ1v) is 8.35. The van der Waals surface area contributed by atoms with Crippen LogP contribution < -0.4 is 15.0 Å². The van der Waals surface area contributed by atoms with Gasteiger partial charge in [0.1, 0.15) is 5.75 Å². The van der Waals surface area contributed by atoms with Crippen molar-refractivity contribution in [2.45, 2.75) is 6.92 Å². The third kappa shape index (κ3) is 3.98. The number of piperazine rings is 1. The molecule has 1 heterocycles. The molecule has 0 radical (unpaired) electrons. The predicted molar refractivity (Wildman–Crippen MR) is 96.9 cm³/mol. The summed E-state index contributed by atoms with van der Waals surface area (Å²) in [5, 5.41) is 2.94. The van der Waals surface area contributed by atoms with E-state index in [0.717, 1.165) is 24.5 Å². The molecule has 0 aromatic heterocycles. The van der Waals surface area contributed by atoms with E-state index < -0.39 is 0 Å². The van der Waals surface area contributed by atoms with E-state index in [1.54, 1.807) is 0 Å². The minimum Gasteiger partial charge on any atom is -0.494 e. The van der Waals surface area contributed by atoms with Crippen LogP contribution in [0.1, 0.15) is 6.92 Å². The summed E-state index contributed by atoms with van der Waals surface area (Å²) in [5.41, 5.74) is 2.00. The van der Waals surface area contributed by atoms with Crippen LogP contribution in [0.15, 0.2) is 54.6 Å². The molecule has 0 spiro atoms. The van der Waals surface area contributed by atoms with Crippen molar-refractivity contribution in [2.75, 3.05) is 43.0 Å². The van der Waals surface area contributed by atoms with Crippen LogP contribution in [0.4, 0.5) is 16.2 Å². The van der Waals surface area contributed by atoms with Crippen molar-refractivity contribution in [3.8, 4) is 5.75 Å². The van der Waals surface area contributed by atoms with Crippen molar-refractivity contribution in [3.63, 3.8) is 0 Å². The van der Waals surface area contributed by atoms with Gasteiger partial charge in [-0.05, 0) is 43.3 Å². The largest absolute Gasteiger partial charge is 0.494 e. The highest BCUT2D eigenvalue weighted by Crippen LogP contribution is 2.21. The molecule has 24 heavy (non-hydrogen) atoms. The van der Waals surface area contributed by atoms with Gasteiger partial charge in [0, 0.05) is 37.6 Å². The molecule has 3 rings (SSSR count). The topological polar surface area (TPSA) is 44.8 Å². The Morgan fingerprint density at radius 1 is 1.00 bits per heavy atom. The van der Waals surface area contributed by atoms with Crippen LogP contribution in [0, 0.1) is 0 Å². The van der Waals surface area contributed by atoms with Crippen LogP contribution in [0.25, 0.3) is 0 Å². The third-order valence-corrected chi connectivity index (χ3v) is 4.10. The number of ether oxygens (including phenoxy) is 1. The molecule has 1 aliphatic rings. The van der Waals surface area contributed by atoms with Gasteiger partial charge in [-0.3, -0.25) is 0 Å². The number of hydrogen-bond donors (Lipinski definition) is 1. The second-order valence-corrected chi connectivity index (χ2v) is 5.70. The summed E-state index contributed by atoms with van der Waals surface area (Å²) in [4.78, 5) is 16.5. The van der Waals surface area contributed by atoms with Crippen LogP contribution in [-0.2, 0) is 0 Å². The maximum Gasteiger partial charge on any atom is 0.321 e. The van der Waals surface area contributed by atoms with Crippen molar-refractivity contribution in [1.82, 2.24) is 4.90 Å². The van der Waals surface area contributed by atoms with Crippen LogP contribution in [-0.4, -0.2) is 43.7 Å². The quantitative estimate of drug-likeness (QED) is 0.936. The number of hydrogen-bond acceptors (Lipinski definition) is 3. The lowest BCUT2D eigenvalue weighted by Crippen LogP contribution is -2.50. The first kappa shape index (κ1) is 16.2. The maximum atomic E-state index is 12.3. The fraction of sp³-hybridized carbons (Fsp3) is 0.316. The number of urea groups is 1. The van der Waals surface area contributed by atoms with Crippen LogP contribution in [0.2, 0.25) is 0 Å². The Hall–Kier alpha value is -2.69. The monoisotopic (exact) mass is 325 g/mol. The number of rotatable bonds is 4. The lowest BCUT2D eigenvalue weighted by Gasteiger charge is -2.36. The SMILES string of the molecule is CCOc1ccc(N2CCN(C(=O)Nc3ccccc3)CC2)cc1. The molecule has 1 N–H and O–H groups in total. The van der Waals surface area contributed by atoms with Gasteiger partial charge in [-0.2, -0.15) is 0 Å². The molecule has 2 aromatic rings. The van der Waals surface area contributed by atoms with Gasteiger partial charge in [0.2, 0.25) is 0 Å². The molecule has 0 unspecified atom stereocenters. The normalized spacial score (nSPS) is 14.4. The highest BCUT2D eigenvalue weighted by Gasteiger charge is 2.21. The van der Waals surface area contributed by atoms with Crippen molar-refractivity contribution in [3.05, 3.63) is 54.6 Å². The lowest BCUT2D eigenvalue weighted by molar-refractivity contribution is 0.208. The minimum atomic E-state index is -0.0347. The van der Waals surface area contributed by atoms with Crippen molar-refractivity contribution >= 4 is 17.4 Å². The van der Waals surface area contributed by atoms with Crippen LogP contribution >= 0.6 is 0 Å². The number of nitrogens with zero attached hydrogens (tertiary/aromatic N) is 2. The predicted octanol–water partition coefficient (Wildman–Crippen LogP) is 3.44. The maximum absolute atomic E-state index is 12.3. The molecule has 1 fully saturated rings. The molecule has 0 saturated carbocycles. The molecule has 0 aliphatic carbocycles. The minimum absolute atomic E-state index is 0.0347. The Morgan fingerprint density at radius 2 is 1.67 bits per heavy atom. The van der Waals surface area contributed by atoms with E-state index in [2.05, 4.69) is 22.3 Å². The van der Waals surface area contributed by atoms with Crippen molar-refractivity contribution < 1.29 is 9.53 Å². The second kappa shape index (κ2) is 7.73. The molecule has 1 aliphatic heterocycles. The van der Waals surface area contributed by atoms with Crippen molar-refractivity contribution in [1.29, 1.82) is 0 Å². The average Bonchev–Trinajstić information content (AvgIpc) is 2.64. The lowest BCUT2D eigenvalue weighted by atomic mass is 10.2. The van der Waals surface area contributed by atoms with E-state index in [1.807, 2.05) is 54.3 Å². The highest BCUT2D eigenvalue weighted by atomic mass is 16.5. The van der Waals surface area contributed by atoms with E-state index >= 15 is 0 Å². The zero-order valence-corrected chi connectivity index (χ0v) is 13.9.